The fraction of sp³-hybridized carbons (Fsp3) is 0.333. The molecule has 0 aliphatic carbocycles. The number of esters is 1. The third-order valence-corrected chi connectivity index (χ3v) is 2.55. The Morgan fingerprint density at radius 1 is 1.31 bits per heavy atom. The predicted octanol–water partition coefficient (Wildman–Crippen LogP) is 1.59. The van der Waals surface area contributed by atoms with E-state index in [1.54, 1.807) is 31.2 Å². The van der Waals surface area contributed by atoms with Crippen molar-refractivity contribution in [2.24, 2.45) is 0 Å². The lowest BCUT2D eigenvalue weighted by molar-refractivity contribution is -0.152. The van der Waals surface area contributed by atoms with Crippen LogP contribution in [-0.4, -0.2) is 24.2 Å². The molecule has 0 heterocycles. The maximum Gasteiger partial charge on any atom is 0.316 e. The quantitative estimate of drug-likeness (QED) is 0.786. The summed E-state index contributed by atoms with van der Waals surface area (Å²) in [4.78, 5) is 22.5. The van der Waals surface area contributed by atoms with Crippen molar-refractivity contribution in [1.82, 2.24) is 0 Å². The molecule has 1 N–H and O–H groups in total. The first-order valence-corrected chi connectivity index (χ1v) is 4.86. The van der Waals surface area contributed by atoms with E-state index in [0.717, 1.165) is 0 Å². The van der Waals surface area contributed by atoms with Gasteiger partial charge in [0.05, 0.1) is 13.5 Å². The molecule has 0 fully saturated rings. The SMILES string of the molecule is COC(=O)C(C)(CC(=O)O)c1ccccc1. The fourth-order valence-corrected chi connectivity index (χ4v) is 1.63. The van der Waals surface area contributed by atoms with Gasteiger partial charge in [0, 0.05) is 0 Å². The predicted molar refractivity (Wildman–Crippen MR) is 58.1 cm³/mol. The maximum absolute atomic E-state index is 11.7. The van der Waals surface area contributed by atoms with E-state index in [9.17, 15) is 9.59 Å². The summed E-state index contributed by atoms with van der Waals surface area (Å²) in [7, 11) is 1.26. The summed E-state index contributed by atoms with van der Waals surface area (Å²) < 4.78 is 4.67. The minimum absolute atomic E-state index is 0.288. The van der Waals surface area contributed by atoms with E-state index < -0.39 is 17.4 Å². The Bertz CT molecular complexity index is 385. The Balaban J connectivity index is 3.14. The van der Waals surface area contributed by atoms with Crippen molar-refractivity contribution in [3.63, 3.8) is 0 Å². The number of rotatable bonds is 4. The molecule has 0 aliphatic rings. The van der Waals surface area contributed by atoms with Crippen molar-refractivity contribution in [3.8, 4) is 0 Å². The summed E-state index contributed by atoms with van der Waals surface area (Å²) in [6.45, 7) is 1.57. The number of carbonyl (C=O) groups excluding carboxylic acids is 1. The molecule has 0 spiro atoms. The number of benzene rings is 1. The Morgan fingerprint density at radius 3 is 2.31 bits per heavy atom. The molecular formula is C12H14O4. The lowest BCUT2D eigenvalue weighted by Crippen LogP contribution is -2.36. The maximum atomic E-state index is 11.7. The van der Waals surface area contributed by atoms with Gasteiger partial charge in [-0.1, -0.05) is 30.3 Å². The van der Waals surface area contributed by atoms with E-state index in [1.807, 2.05) is 6.07 Å². The molecule has 0 radical (unpaired) electrons. The lowest BCUT2D eigenvalue weighted by Gasteiger charge is -2.25. The standard InChI is InChI=1S/C12H14O4/c1-12(8-10(13)14,11(15)16-2)9-6-4-3-5-7-9/h3-7H,8H2,1-2H3,(H,13,14). The molecule has 4 heteroatoms. The molecule has 1 aromatic carbocycles. The van der Waals surface area contributed by atoms with Gasteiger partial charge in [0.2, 0.25) is 0 Å². The molecule has 0 amide bonds. The Hall–Kier alpha value is -1.84. The Kier molecular flexibility index (Phi) is 3.66. The largest absolute Gasteiger partial charge is 0.481 e. The molecule has 0 bridgehead atoms. The molecule has 1 atom stereocenters. The second-order valence-electron chi connectivity index (χ2n) is 3.76. The van der Waals surface area contributed by atoms with Crippen LogP contribution in [0.15, 0.2) is 30.3 Å². The number of carboxylic acids is 1. The minimum Gasteiger partial charge on any atom is -0.481 e. The first kappa shape index (κ1) is 12.2. The average Bonchev–Trinajstić information content (AvgIpc) is 2.28. The average molecular weight is 222 g/mol. The molecule has 0 aliphatic heterocycles. The number of ether oxygens (including phenoxy) is 1. The molecule has 0 saturated carbocycles. The highest BCUT2D eigenvalue weighted by Gasteiger charge is 2.38. The van der Waals surface area contributed by atoms with Crippen molar-refractivity contribution >= 4 is 11.9 Å². The van der Waals surface area contributed by atoms with Gasteiger partial charge in [0.1, 0.15) is 5.41 Å². The molecule has 4 nitrogen and oxygen atoms in total. The van der Waals surface area contributed by atoms with Gasteiger partial charge < -0.3 is 9.84 Å². The van der Waals surface area contributed by atoms with Crippen molar-refractivity contribution in [1.29, 1.82) is 0 Å². The van der Waals surface area contributed by atoms with E-state index in [1.165, 1.54) is 7.11 Å². The minimum atomic E-state index is -1.14. The van der Waals surface area contributed by atoms with Crippen LogP contribution < -0.4 is 0 Å². The van der Waals surface area contributed by atoms with Gasteiger partial charge in [-0.05, 0) is 12.5 Å². The smallest absolute Gasteiger partial charge is 0.316 e. The van der Waals surface area contributed by atoms with Gasteiger partial charge in [0.25, 0.3) is 0 Å². The van der Waals surface area contributed by atoms with Crippen LogP contribution in [0, 0.1) is 0 Å². The highest BCUT2D eigenvalue weighted by Crippen LogP contribution is 2.28. The van der Waals surface area contributed by atoms with Gasteiger partial charge in [-0.15, -0.1) is 0 Å². The zero-order valence-electron chi connectivity index (χ0n) is 9.27. The Morgan fingerprint density at radius 2 is 1.88 bits per heavy atom. The van der Waals surface area contributed by atoms with E-state index in [4.69, 9.17) is 5.11 Å². The summed E-state index contributed by atoms with van der Waals surface area (Å²) in [5.74, 6) is -1.57. The highest BCUT2D eigenvalue weighted by molar-refractivity contribution is 5.87. The number of aliphatic carboxylic acids is 1. The van der Waals surface area contributed by atoms with Crippen LogP contribution in [-0.2, 0) is 19.7 Å². The first-order valence-electron chi connectivity index (χ1n) is 4.86. The lowest BCUT2D eigenvalue weighted by atomic mass is 9.79. The van der Waals surface area contributed by atoms with Gasteiger partial charge in [-0.3, -0.25) is 9.59 Å². The summed E-state index contributed by atoms with van der Waals surface area (Å²) in [5, 5.41) is 8.85. The molecule has 1 unspecified atom stereocenters. The topological polar surface area (TPSA) is 63.6 Å². The van der Waals surface area contributed by atoms with Crippen LogP contribution in [0.1, 0.15) is 18.9 Å². The number of hydrogen-bond donors (Lipinski definition) is 1. The fourth-order valence-electron chi connectivity index (χ4n) is 1.63. The van der Waals surface area contributed by atoms with E-state index >= 15 is 0 Å². The van der Waals surface area contributed by atoms with Crippen LogP contribution in [0.3, 0.4) is 0 Å². The second-order valence-corrected chi connectivity index (χ2v) is 3.76. The number of carbonyl (C=O) groups is 2. The van der Waals surface area contributed by atoms with E-state index in [0.29, 0.717) is 5.56 Å². The number of carboxylic acid groups (broad SMARTS) is 1. The van der Waals surface area contributed by atoms with Crippen LogP contribution in [0.25, 0.3) is 0 Å². The second kappa shape index (κ2) is 4.79. The van der Waals surface area contributed by atoms with Gasteiger partial charge in [0.15, 0.2) is 0 Å². The zero-order chi connectivity index (χ0) is 12.2. The first-order chi connectivity index (χ1) is 7.50. The highest BCUT2D eigenvalue weighted by atomic mass is 16.5. The van der Waals surface area contributed by atoms with Crippen LogP contribution in [0.5, 0.6) is 0 Å². The van der Waals surface area contributed by atoms with E-state index in [-0.39, 0.29) is 6.42 Å². The third-order valence-electron chi connectivity index (χ3n) is 2.55. The summed E-state index contributed by atoms with van der Waals surface area (Å²) in [6, 6.07) is 8.78. The zero-order valence-corrected chi connectivity index (χ0v) is 9.27. The normalized spacial score (nSPS) is 13.9. The molecule has 16 heavy (non-hydrogen) atoms. The van der Waals surface area contributed by atoms with Crippen LogP contribution in [0.2, 0.25) is 0 Å². The summed E-state index contributed by atoms with van der Waals surface area (Å²) >= 11 is 0. The van der Waals surface area contributed by atoms with Crippen molar-refractivity contribution in [2.75, 3.05) is 7.11 Å². The molecule has 0 saturated heterocycles. The van der Waals surface area contributed by atoms with Gasteiger partial charge >= 0.3 is 11.9 Å². The van der Waals surface area contributed by atoms with Gasteiger partial charge in [-0.2, -0.15) is 0 Å². The molecule has 86 valence electrons. The molecule has 1 rings (SSSR count). The number of hydrogen-bond acceptors (Lipinski definition) is 3. The molecular weight excluding hydrogens is 208 g/mol. The van der Waals surface area contributed by atoms with Crippen LogP contribution in [0.4, 0.5) is 0 Å². The summed E-state index contributed by atoms with van der Waals surface area (Å²) in [6.07, 6.45) is -0.288. The Labute approximate surface area is 93.9 Å². The van der Waals surface area contributed by atoms with Gasteiger partial charge in [-0.25, -0.2) is 0 Å². The summed E-state index contributed by atoms with van der Waals surface area (Å²) in [5.41, 5.74) is -0.494. The van der Waals surface area contributed by atoms with Crippen molar-refractivity contribution in [3.05, 3.63) is 35.9 Å². The molecule has 1 aromatic rings. The van der Waals surface area contributed by atoms with Crippen molar-refractivity contribution < 1.29 is 19.4 Å². The monoisotopic (exact) mass is 222 g/mol. The van der Waals surface area contributed by atoms with E-state index in [2.05, 4.69) is 4.74 Å². The van der Waals surface area contributed by atoms with Crippen LogP contribution >= 0.6 is 0 Å². The third kappa shape index (κ3) is 2.39. The number of methoxy groups -OCH3 is 1. The molecule has 0 aromatic heterocycles. The van der Waals surface area contributed by atoms with Crippen molar-refractivity contribution in [2.45, 2.75) is 18.8 Å².